The molecule has 1 aliphatic heterocycles. The summed E-state index contributed by atoms with van der Waals surface area (Å²) in [6, 6.07) is 14.7. The van der Waals surface area contributed by atoms with Crippen LogP contribution in [0.5, 0.6) is 0 Å². The quantitative estimate of drug-likeness (QED) is 0.925. The Morgan fingerprint density at radius 2 is 1.88 bits per heavy atom. The smallest absolute Gasteiger partial charge is 0.251 e. The van der Waals surface area contributed by atoms with Crippen LogP contribution in [0.2, 0.25) is 0 Å². The summed E-state index contributed by atoms with van der Waals surface area (Å²) in [5, 5.41) is 2.84. The highest BCUT2D eigenvalue weighted by Gasteiger charge is 2.39. The molecule has 1 heterocycles. The van der Waals surface area contributed by atoms with Crippen molar-refractivity contribution in [3.05, 3.63) is 71.5 Å². The van der Waals surface area contributed by atoms with Crippen molar-refractivity contribution in [3.8, 4) is 0 Å². The minimum absolute atomic E-state index is 0.155. The van der Waals surface area contributed by atoms with Gasteiger partial charge in [-0.05, 0) is 23.3 Å². The van der Waals surface area contributed by atoms with E-state index in [1.807, 2.05) is 30.3 Å². The van der Waals surface area contributed by atoms with E-state index in [1.165, 1.54) is 17.0 Å². The molecule has 1 fully saturated rings. The van der Waals surface area contributed by atoms with Crippen molar-refractivity contribution in [2.24, 2.45) is 0 Å². The normalized spacial score (nSPS) is 20.4. The number of carbonyl (C=O) groups is 2. The van der Waals surface area contributed by atoms with Gasteiger partial charge in [-0.25, -0.2) is 4.39 Å². The number of rotatable bonds is 4. The van der Waals surface area contributed by atoms with Crippen molar-refractivity contribution in [1.29, 1.82) is 0 Å². The summed E-state index contributed by atoms with van der Waals surface area (Å²) in [5.74, 6) is -0.904. The summed E-state index contributed by atoms with van der Waals surface area (Å²) >= 11 is 0. The molecule has 0 radical (unpaired) electrons. The second-order valence-electron chi connectivity index (χ2n) is 5.94. The van der Waals surface area contributed by atoms with Gasteiger partial charge in [0.15, 0.2) is 6.10 Å². The number of nitrogens with zero attached hydrogens (tertiary/aromatic N) is 1. The summed E-state index contributed by atoms with van der Waals surface area (Å²) in [6.45, 7) is 0.213. The number of benzene rings is 2. The van der Waals surface area contributed by atoms with Crippen molar-refractivity contribution in [2.75, 3.05) is 13.7 Å². The van der Waals surface area contributed by atoms with E-state index in [-0.39, 0.29) is 24.2 Å². The molecular formula is C19H19FN2O3. The average Bonchev–Trinajstić information content (AvgIpc) is 2.63. The molecule has 130 valence electrons. The molecule has 0 spiro atoms. The Balaban J connectivity index is 1.78. The summed E-state index contributed by atoms with van der Waals surface area (Å²) in [4.78, 5) is 26.1. The monoisotopic (exact) mass is 342 g/mol. The molecule has 5 nitrogen and oxygen atoms in total. The van der Waals surface area contributed by atoms with Crippen LogP contribution in [-0.4, -0.2) is 36.5 Å². The molecule has 2 aromatic rings. The predicted molar refractivity (Wildman–Crippen MR) is 89.9 cm³/mol. The van der Waals surface area contributed by atoms with Crippen LogP contribution in [0.1, 0.15) is 17.2 Å². The molecule has 1 N–H and O–H groups in total. The number of morpholine rings is 1. The Morgan fingerprint density at radius 3 is 2.56 bits per heavy atom. The van der Waals surface area contributed by atoms with Crippen LogP contribution in [-0.2, 0) is 20.9 Å². The van der Waals surface area contributed by atoms with Gasteiger partial charge in [0.25, 0.3) is 5.91 Å². The number of amides is 2. The van der Waals surface area contributed by atoms with Crippen molar-refractivity contribution < 1.29 is 18.7 Å². The Hall–Kier alpha value is -2.73. The fourth-order valence-corrected chi connectivity index (χ4v) is 2.88. The Bertz CT molecular complexity index is 749. The van der Waals surface area contributed by atoms with Gasteiger partial charge in [-0.15, -0.1) is 0 Å². The first kappa shape index (κ1) is 17.1. The third-order valence-corrected chi connectivity index (χ3v) is 4.26. The largest absolute Gasteiger partial charge is 0.356 e. The van der Waals surface area contributed by atoms with Gasteiger partial charge in [-0.2, -0.15) is 0 Å². The average molecular weight is 342 g/mol. The van der Waals surface area contributed by atoms with E-state index >= 15 is 0 Å². The number of nitrogens with one attached hydrogen (secondary N) is 1. The van der Waals surface area contributed by atoms with Crippen LogP contribution in [0.4, 0.5) is 4.39 Å². The molecule has 2 aromatic carbocycles. The maximum absolute atomic E-state index is 13.2. The fraction of sp³-hybridized carbons (Fsp3) is 0.263. The lowest BCUT2D eigenvalue weighted by atomic mass is 9.97. The summed E-state index contributed by atoms with van der Waals surface area (Å²) in [5.41, 5.74) is 1.62. The maximum Gasteiger partial charge on any atom is 0.251 e. The lowest BCUT2D eigenvalue weighted by Gasteiger charge is -2.38. The molecule has 3 rings (SSSR count). The minimum Gasteiger partial charge on any atom is -0.356 e. The molecule has 25 heavy (non-hydrogen) atoms. The second kappa shape index (κ2) is 7.44. The van der Waals surface area contributed by atoms with Crippen LogP contribution in [0.15, 0.2) is 54.6 Å². The van der Waals surface area contributed by atoms with Crippen LogP contribution in [0, 0.1) is 5.82 Å². The highest BCUT2D eigenvalue weighted by atomic mass is 19.1. The SMILES string of the molecule is CN1C(=O)COC(C(=O)NCc2ccccc2)C1c1ccc(F)cc1. The standard InChI is InChI=1S/C19H19FN2O3/c1-22-16(23)12-25-18(17(22)14-7-9-15(20)10-8-14)19(24)21-11-13-5-3-2-4-6-13/h2-10,17-18H,11-12H2,1H3,(H,21,24). The first-order chi connectivity index (χ1) is 12.1. The third kappa shape index (κ3) is 3.85. The van der Waals surface area contributed by atoms with Crippen molar-refractivity contribution >= 4 is 11.8 Å². The zero-order valence-corrected chi connectivity index (χ0v) is 13.8. The summed E-state index contributed by atoms with van der Waals surface area (Å²) in [7, 11) is 1.62. The first-order valence-electron chi connectivity index (χ1n) is 8.00. The predicted octanol–water partition coefficient (Wildman–Crippen LogP) is 2.04. The van der Waals surface area contributed by atoms with E-state index in [1.54, 1.807) is 19.2 Å². The van der Waals surface area contributed by atoms with Gasteiger partial charge in [-0.3, -0.25) is 9.59 Å². The number of halogens is 1. The molecule has 0 aliphatic carbocycles. The van der Waals surface area contributed by atoms with Crippen LogP contribution < -0.4 is 5.32 Å². The zero-order chi connectivity index (χ0) is 17.8. The highest BCUT2D eigenvalue weighted by molar-refractivity contribution is 5.86. The molecule has 1 saturated heterocycles. The van der Waals surface area contributed by atoms with Gasteiger partial charge in [-0.1, -0.05) is 42.5 Å². The van der Waals surface area contributed by atoms with Gasteiger partial charge < -0.3 is 15.0 Å². The second-order valence-corrected chi connectivity index (χ2v) is 5.94. The Morgan fingerprint density at radius 1 is 1.20 bits per heavy atom. The number of carbonyl (C=O) groups excluding carboxylic acids is 2. The zero-order valence-electron chi connectivity index (χ0n) is 13.8. The number of hydrogen-bond donors (Lipinski definition) is 1. The number of ether oxygens (including phenoxy) is 1. The topological polar surface area (TPSA) is 58.6 Å². The van der Waals surface area contributed by atoms with Crippen molar-refractivity contribution in [2.45, 2.75) is 18.7 Å². The van der Waals surface area contributed by atoms with E-state index in [0.717, 1.165) is 5.56 Å². The van der Waals surface area contributed by atoms with Gasteiger partial charge in [0.2, 0.25) is 5.91 Å². The molecule has 6 heteroatoms. The lowest BCUT2D eigenvalue weighted by molar-refractivity contribution is -0.162. The van der Waals surface area contributed by atoms with E-state index in [4.69, 9.17) is 4.74 Å². The molecule has 0 saturated carbocycles. The van der Waals surface area contributed by atoms with Gasteiger partial charge >= 0.3 is 0 Å². The fourth-order valence-electron chi connectivity index (χ4n) is 2.88. The van der Waals surface area contributed by atoms with E-state index in [9.17, 15) is 14.0 Å². The van der Waals surface area contributed by atoms with Crippen LogP contribution >= 0.6 is 0 Å². The lowest BCUT2D eigenvalue weighted by Crippen LogP contribution is -2.52. The molecule has 2 atom stereocenters. The number of likely N-dealkylation sites (N-methyl/N-ethyl adjacent to an activating group) is 1. The van der Waals surface area contributed by atoms with Gasteiger partial charge in [0.05, 0.1) is 6.04 Å². The Labute approximate surface area is 145 Å². The van der Waals surface area contributed by atoms with E-state index in [0.29, 0.717) is 12.1 Å². The summed E-state index contributed by atoms with van der Waals surface area (Å²) in [6.07, 6.45) is -0.850. The Kier molecular flexibility index (Phi) is 5.09. The number of hydrogen-bond acceptors (Lipinski definition) is 3. The van der Waals surface area contributed by atoms with E-state index in [2.05, 4.69) is 5.32 Å². The third-order valence-electron chi connectivity index (χ3n) is 4.26. The maximum atomic E-state index is 13.2. The van der Waals surface area contributed by atoms with Gasteiger partial charge in [0, 0.05) is 13.6 Å². The van der Waals surface area contributed by atoms with Crippen LogP contribution in [0.3, 0.4) is 0 Å². The van der Waals surface area contributed by atoms with Crippen LogP contribution in [0.25, 0.3) is 0 Å². The molecule has 0 aromatic heterocycles. The minimum atomic E-state index is -0.850. The highest BCUT2D eigenvalue weighted by Crippen LogP contribution is 2.29. The van der Waals surface area contributed by atoms with Gasteiger partial charge in [0.1, 0.15) is 12.4 Å². The first-order valence-corrected chi connectivity index (χ1v) is 8.00. The summed E-state index contributed by atoms with van der Waals surface area (Å²) < 4.78 is 18.7. The van der Waals surface area contributed by atoms with Crippen molar-refractivity contribution in [1.82, 2.24) is 10.2 Å². The molecule has 1 aliphatic rings. The molecule has 2 unspecified atom stereocenters. The molecule has 2 amide bonds. The molecular weight excluding hydrogens is 323 g/mol. The van der Waals surface area contributed by atoms with E-state index < -0.39 is 12.1 Å². The molecule has 0 bridgehead atoms. The van der Waals surface area contributed by atoms with Crippen molar-refractivity contribution in [3.63, 3.8) is 0 Å².